The number of benzene rings is 1. The van der Waals surface area contributed by atoms with Crippen LogP contribution in [0.5, 0.6) is 0 Å². The van der Waals surface area contributed by atoms with Crippen molar-refractivity contribution in [2.75, 3.05) is 5.32 Å². The summed E-state index contributed by atoms with van der Waals surface area (Å²) in [5.41, 5.74) is 3.66. The standard InChI is InChI=1S/C17H22N4OS/c1-11(2)21-10-18-20-17(21)23-12(3)16(22)19-15-8-7-13-5-4-6-14(13)9-15/h7-12H,4-6H2,1-3H3,(H,19,22). The van der Waals surface area contributed by atoms with Crippen LogP contribution < -0.4 is 5.32 Å². The molecule has 1 aromatic heterocycles. The van der Waals surface area contributed by atoms with E-state index in [9.17, 15) is 4.79 Å². The molecular formula is C17H22N4OS. The summed E-state index contributed by atoms with van der Waals surface area (Å²) in [6, 6.07) is 6.51. The van der Waals surface area contributed by atoms with E-state index in [4.69, 9.17) is 0 Å². The van der Waals surface area contributed by atoms with Crippen LogP contribution in [0.25, 0.3) is 0 Å². The molecule has 1 N–H and O–H groups in total. The Labute approximate surface area is 140 Å². The maximum absolute atomic E-state index is 12.4. The Hall–Kier alpha value is -1.82. The SMILES string of the molecule is CC(Sc1nncn1C(C)C)C(=O)Nc1ccc2c(c1)CCC2. The van der Waals surface area contributed by atoms with Crippen molar-refractivity contribution in [1.82, 2.24) is 14.8 Å². The van der Waals surface area contributed by atoms with Gasteiger partial charge in [0.25, 0.3) is 0 Å². The number of nitrogens with zero attached hydrogens (tertiary/aromatic N) is 3. The third-order valence-electron chi connectivity index (χ3n) is 4.11. The van der Waals surface area contributed by atoms with Crippen LogP contribution in [0.1, 0.15) is 44.4 Å². The number of amides is 1. The lowest BCUT2D eigenvalue weighted by molar-refractivity contribution is -0.115. The van der Waals surface area contributed by atoms with Gasteiger partial charge < -0.3 is 9.88 Å². The first kappa shape index (κ1) is 16.1. The molecule has 1 aliphatic rings. The van der Waals surface area contributed by atoms with Gasteiger partial charge in [-0.15, -0.1) is 10.2 Å². The summed E-state index contributed by atoms with van der Waals surface area (Å²) < 4.78 is 1.98. The summed E-state index contributed by atoms with van der Waals surface area (Å²) in [5, 5.41) is 11.6. The van der Waals surface area contributed by atoms with Crippen molar-refractivity contribution < 1.29 is 4.79 Å². The van der Waals surface area contributed by atoms with Gasteiger partial charge in [-0.2, -0.15) is 0 Å². The molecule has 2 aromatic rings. The molecule has 3 rings (SSSR count). The molecule has 0 aliphatic heterocycles. The Kier molecular flexibility index (Phi) is 4.71. The smallest absolute Gasteiger partial charge is 0.237 e. The molecule has 1 unspecified atom stereocenters. The van der Waals surface area contributed by atoms with Crippen LogP contribution in [0.15, 0.2) is 29.7 Å². The third kappa shape index (κ3) is 3.58. The molecule has 0 fully saturated rings. The zero-order valence-electron chi connectivity index (χ0n) is 13.7. The van der Waals surface area contributed by atoms with Gasteiger partial charge >= 0.3 is 0 Å². The van der Waals surface area contributed by atoms with Gasteiger partial charge in [-0.3, -0.25) is 4.79 Å². The fraction of sp³-hybridized carbons (Fsp3) is 0.471. The van der Waals surface area contributed by atoms with Crippen molar-refractivity contribution in [3.63, 3.8) is 0 Å². The number of aromatic nitrogens is 3. The highest BCUT2D eigenvalue weighted by molar-refractivity contribution is 8.00. The minimum absolute atomic E-state index is 0.00810. The minimum Gasteiger partial charge on any atom is -0.325 e. The zero-order valence-corrected chi connectivity index (χ0v) is 14.6. The summed E-state index contributed by atoms with van der Waals surface area (Å²) in [4.78, 5) is 12.4. The highest BCUT2D eigenvalue weighted by Gasteiger charge is 2.19. The molecule has 0 radical (unpaired) electrons. The summed E-state index contributed by atoms with van der Waals surface area (Å²) in [6.07, 6.45) is 5.18. The van der Waals surface area contributed by atoms with Crippen LogP contribution in [-0.4, -0.2) is 25.9 Å². The molecule has 23 heavy (non-hydrogen) atoms. The summed E-state index contributed by atoms with van der Waals surface area (Å²) in [5.74, 6) is -0.00810. The van der Waals surface area contributed by atoms with E-state index in [1.54, 1.807) is 6.33 Å². The lowest BCUT2D eigenvalue weighted by Crippen LogP contribution is -2.23. The van der Waals surface area contributed by atoms with Crippen LogP contribution in [0.3, 0.4) is 0 Å². The fourth-order valence-electron chi connectivity index (χ4n) is 2.78. The van der Waals surface area contributed by atoms with Crippen molar-refractivity contribution in [1.29, 1.82) is 0 Å². The van der Waals surface area contributed by atoms with E-state index in [0.717, 1.165) is 23.7 Å². The van der Waals surface area contributed by atoms with Crippen molar-refractivity contribution in [2.45, 2.75) is 56.5 Å². The van der Waals surface area contributed by atoms with Crippen LogP contribution in [-0.2, 0) is 17.6 Å². The number of nitrogens with one attached hydrogen (secondary N) is 1. The molecule has 1 aromatic carbocycles. The Morgan fingerprint density at radius 2 is 2.04 bits per heavy atom. The highest BCUT2D eigenvalue weighted by Crippen LogP contribution is 2.27. The Bertz CT molecular complexity index is 710. The monoisotopic (exact) mass is 330 g/mol. The second kappa shape index (κ2) is 6.74. The van der Waals surface area contributed by atoms with Crippen LogP contribution in [0, 0.1) is 0 Å². The predicted octanol–water partition coefficient (Wildman–Crippen LogP) is 3.47. The van der Waals surface area contributed by atoms with Crippen LogP contribution >= 0.6 is 11.8 Å². The molecule has 1 heterocycles. The molecule has 1 aliphatic carbocycles. The summed E-state index contributed by atoms with van der Waals surface area (Å²) in [6.45, 7) is 6.04. The molecule has 0 spiro atoms. The van der Waals surface area contributed by atoms with Crippen molar-refractivity contribution in [2.24, 2.45) is 0 Å². The average molecular weight is 330 g/mol. The van der Waals surface area contributed by atoms with E-state index in [-0.39, 0.29) is 17.2 Å². The van der Waals surface area contributed by atoms with Gasteiger partial charge in [-0.25, -0.2) is 0 Å². The van der Waals surface area contributed by atoms with Crippen molar-refractivity contribution in [3.8, 4) is 0 Å². The fourth-order valence-corrected chi connectivity index (χ4v) is 3.73. The minimum atomic E-state index is -0.232. The van der Waals surface area contributed by atoms with E-state index in [1.165, 1.54) is 29.3 Å². The average Bonchev–Trinajstić information content (AvgIpc) is 3.15. The first-order chi connectivity index (χ1) is 11.0. The number of fused-ring (bicyclic) bond motifs is 1. The maximum atomic E-state index is 12.4. The van der Waals surface area contributed by atoms with Gasteiger partial charge in [0.1, 0.15) is 6.33 Å². The molecule has 5 nitrogen and oxygen atoms in total. The highest BCUT2D eigenvalue weighted by atomic mass is 32.2. The second-order valence-corrected chi connectivity index (χ2v) is 7.51. The lowest BCUT2D eigenvalue weighted by atomic mass is 10.1. The maximum Gasteiger partial charge on any atom is 0.237 e. The van der Waals surface area contributed by atoms with E-state index in [0.29, 0.717) is 0 Å². The second-order valence-electron chi connectivity index (χ2n) is 6.20. The molecule has 1 atom stereocenters. The third-order valence-corrected chi connectivity index (χ3v) is 5.18. The van der Waals surface area contributed by atoms with Gasteiger partial charge in [0.15, 0.2) is 5.16 Å². The predicted molar refractivity (Wildman–Crippen MR) is 92.8 cm³/mol. The van der Waals surface area contributed by atoms with Gasteiger partial charge in [0, 0.05) is 11.7 Å². The molecule has 0 saturated carbocycles. The van der Waals surface area contributed by atoms with Crippen molar-refractivity contribution >= 4 is 23.4 Å². The van der Waals surface area contributed by atoms with Gasteiger partial charge in [-0.1, -0.05) is 17.8 Å². The number of hydrogen-bond donors (Lipinski definition) is 1. The van der Waals surface area contributed by atoms with E-state index >= 15 is 0 Å². The zero-order chi connectivity index (χ0) is 16.4. The van der Waals surface area contributed by atoms with Crippen LogP contribution in [0.2, 0.25) is 0 Å². The molecule has 6 heteroatoms. The Morgan fingerprint density at radius 3 is 2.83 bits per heavy atom. The number of rotatable bonds is 5. The number of aryl methyl sites for hydroxylation is 2. The van der Waals surface area contributed by atoms with Crippen molar-refractivity contribution in [3.05, 3.63) is 35.7 Å². The first-order valence-corrected chi connectivity index (χ1v) is 8.91. The Balaban J connectivity index is 1.64. The lowest BCUT2D eigenvalue weighted by Gasteiger charge is -2.14. The number of anilines is 1. The number of carbonyl (C=O) groups is 1. The van der Waals surface area contributed by atoms with E-state index in [2.05, 4.69) is 41.5 Å². The largest absolute Gasteiger partial charge is 0.325 e. The first-order valence-electron chi connectivity index (χ1n) is 8.03. The normalized spacial score (nSPS) is 14.8. The van der Waals surface area contributed by atoms with Crippen LogP contribution in [0.4, 0.5) is 5.69 Å². The van der Waals surface area contributed by atoms with E-state index < -0.39 is 0 Å². The summed E-state index contributed by atoms with van der Waals surface area (Å²) >= 11 is 1.44. The molecule has 1 amide bonds. The number of thioether (sulfide) groups is 1. The van der Waals surface area contributed by atoms with Gasteiger partial charge in [0.05, 0.1) is 5.25 Å². The molecular weight excluding hydrogens is 308 g/mol. The Morgan fingerprint density at radius 1 is 1.26 bits per heavy atom. The van der Waals surface area contributed by atoms with Gasteiger partial charge in [0.2, 0.25) is 5.91 Å². The molecule has 0 saturated heterocycles. The number of carbonyl (C=O) groups excluding carboxylic acids is 1. The molecule has 0 bridgehead atoms. The quantitative estimate of drug-likeness (QED) is 0.853. The molecule has 122 valence electrons. The van der Waals surface area contributed by atoms with E-state index in [1.807, 2.05) is 17.6 Å². The topological polar surface area (TPSA) is 59.8 Å². The van der Waals surface area contributed by atoms with Gasteiger partial charge in [-0.05, 0) is 63.3 Å². The summed E-state index contributed by atoms with van der Waals surface area (Å²) in [7, 11) is 0. The number of hydrogen-bond acceptors (Lipinski definition) is 4.